The van der Waals surface area contributed by atoms with Gasteiger partial charge in [0.15, 0.2) is 5.16 Å². The number of thioether (sulfide) groups is 1. The molecule has 0 aliphatic rings. The van der Waals surface area contributed by atoms with Crippen LogP contribution in [0.15, 0.2) is 11.5 Å². The van der Waals surface area contributed by atoms with E-state index in [1.54, 1.807) is 18.2 Å². The van der Waals surface area contributed by atoms with E-state index in [-0.39, 0.29) is 24.2 Å². The molecule has 1 aromatic heterocycles. The van der Waals surface area contributed by atoms with Gasteiger partial charge in [0, 0.05) is 19.1 Å². The topological polar surface area (TPSA) is 88.3 Å². The van der Waals surface area contributed by atoms with E-state index in [0.29, 0.717) is 11.7 Å². The van der Waals surface area contributed by atoms with Gasteiger partial charge in [0.1, 0.15) is 6.33 Å². The van der Waals surface area contributed by atoms with E-state index in [9.17, 15) is 9.59 Å². The average molecular weight is 314 g/mol. The Kier molecular flexibility index (Phi) is 6.67. The summed E-state index contributed by atoms with van der Waals surface area (Å²) < 4.78 is 1.90. The maximum absolute atomic E-state index is 12.2. The van der Waals surface area contributed by atoms with Gasteiger partial charge in [0.05, 0.1) is 11.7 Å². The van der Waals surface area contributed by atoms with Gasteiger partial charge < -0.3 is 14.6 Å². The minimum absolute atomic E-state index is 0.0890. The lowest BCUT2D eigenvalue weighted by molar-refractivity contribution is -0.142. The Morgan fingerprint density at radius 2 is 2.10 bits per heavy atom. The molecule has 1 rings (SSSR count). The summed E-state index contributed by atoms with van der Waals surface area (Å²) in [4.78, 5) is 24.6. The molecule has 0 bridgehead atoms. The summed E-state index contributed by atoms with van der Waals surface area (Å²) in [6.45, 7) is 8.19. The summed E-state index contributed by atoms with van der Waals surface area (Å²) in [6, 6.07) is 0.229. The smallest absolute Gasteiger partial charge is 0.308 e. The van der Waals surface area contributed by atoms with Crippen LogP contribution >= 0.6 is 11.8 Å². The lowest BCUT2D eigenvalue weighted by Crippen LogP contribution is -2.37. The maximum atomic E-state index is 12.2. The highest BCUT2D eigenvalue weighted by molar-refractivity contribution is 7.99. The third-order valence-corrected chi connectivity index (χ3v) is 4.01. The van der Waals surface area contributed by atoms with Crippen LogP contribution in [-0.4, -0.2) is 55.5 Å². The molecule has 7 nitrogen and oxygen atoms in total. The molecule has 0 aliphatic carbocycles. The molecule has 21 heavy (non-hydrogen) atoms. The molecular formula is C13H22N4O3S. The quantitative estimate of drug-likeness (QED) is 0.732. The predicted molar refractivity (Wildman–Crippen MR) is 80.2 cm³/mol. The van der Waals surface area contributed by atoms with Crippen molar-refractivity contribution in [1.82, 2.24) is 19.7 Å². The number of carbonyl (C=O) groups is 2. The molecule has 1 aromatic rings. The third-order valence-electron chi connectivity index (χ3n) is 3.07. The van der Waals surface area contributed by atoms with Gasteiger partial charge >= 0.3 is 5.97 Å². The number of nitrogens with zero attached hydrogens (tertiary/aromatic N) is 4. The number of carboxylic acids is 1. The minimum atomic E-state index is -0.895. The highest BCUT2D eigenvalue weighted by Gasteiger charge is 2.20. The molecule has 0 saturated heterocycles. The van der Waals surface area contributed by atoms with E-state index in [4.69, 9.17) is 5.11 Å². The number of hydrogen-bond donors (Lipinski definition) is 1. The van der Waals surface area contributed by atoms with Gasteiger partial charge in [-0.15, -0.1) is 10.2 Å². The van der Waals surface area contributed by atoms with Crippen LogP contribution in [0.5, 0.6) is 0 Å². The van der Waals surface area contributed by atoms with Crippen molar-refractivity contribution in [3.63, 3.8) is 0 Å². The van der Waals surface area contributed by atoms with Gasteiger partial charge in [-0.1, -0.05) is 18.7 Å². The van der Waals surface area contributed by atoms with Crippen LogP contribution in [0.1, 0.15) is 33.7 Å². The van der Waals surface area contributed by atoms with Gasteiger partial charge in [0.2, 0.25) is 5.91 Å². The molecule has 0 fully saturated rings. The Morgan fingerprint density at radius 3 is 2.62 bits per heavy atom. The Bertz CT molecular complexity index is 490. The van der Waals surface area contributed by atoms with Gasteiger partial charge in [0.25, 0.3) is 0 Å². The van der Waals surface area contributed by atoms with Crippen LogP contribution < -0.4 is 0 Å². The Balaban J connectivity index is 2.58. The number of aliphatic carboxylic acids is 1. The first-order valence-corrected chi connectivity index (χ1v) is 7.88. The summed E-state index contributed by atoms with van der Waals surface area (Å²) in [7, 11) is 0. The van der Waals surface area contributed by atoms with E-state index in [2.05, 4.69) is 10.2 Å². The fourth-order valence-electron chi connectivity index (χ4n) is 1.72. The normalized spacial score (nSPS) is 12.4. The van der Waals surface area contributed by atoms with Crippen molar-refractivity contribution in [2.75, 3.05) is 18.8 Å². The molecule has 1 amide bonds. The van der Waals surface area contributed by atoms with Crippen molar-refractivity contribution in [3.8, 4) is 0 Å². The fraction of sp³-hybridized carbons (Fsp3) is 0.692. The average Bonchev–Trinajstić information content (AvgIpc) is 2.90. The molecule has 0 radical (unpaired) electrons. The van der Waals surface area contributed by atoms with Crippen LogP contribution in [0.4, 0.5) is 0 Å². The summed E-state index contributed by atoms with van der Waals surface area (Å²) in [5.74, 6) is -1.33. The zero-order chi connectivity index (χ0) is 16.0. The standard InChI is InChI=1S/C13H22N4O3S/c1-5-16(6-10(4)12(19)20)11(18)7-21-13-15-14-8-17(13)9(2)3/h8-10H,5-7H2,1-4H3,(H,19,20). The van der Waals surface area contributed by atoms with Gasteiger partial charge in [-0.2, -0.15) is 0 Å². The van der Waals surface area contributed by atoms with Crippen LogP contribution in [0, 0.1) is 5.92 Å². The Morgan fingerprint density at radius 1 is 1.43 bits per heavy atom. The Labute approximate surface area is 128 Å². The molecule has 8 heteroatoms. The second-order valence-corrected chi connectivity index (χ2v) is 6.02. The lowest BCUT2D eigenvalue weighted by atomic mass is 10.2. The second-order valence-electron chi connectivity index (χ2n) is 5.07. The van der Waals surface area contributed by atoms with E-state index >= 15 is 0 Å². The van der Waals surface area contributed by atoms with Crippen LogP contribution in [0.25, 0.3) is 0 Å². The Hall–Kier alpha value is -1.57. The number of amides is 1. The molecule has 1 unspecified atom stereocenters. The number of aromatic nitrogens is 3. The van der Waals surface area contributed by atoms with Crippen molar-refractivity contribution < 1.29 is 14.7 Å². The maximum Gasteiger partial charge on any atom is 0.308 e. The highest BCUT2D eigenvalue weighted by atomic mass is 32.2. The molecule has 0 saturated carbocycles. The van der Waals surface area contributed by atoms with Gasteiger partial charge in [-0.25, -0.2) is 0 Å². The number of carbonyl (C=O) groups excluding carboxylic acids is 1. The van der Waals surface area contributed by atoms with E-state index in [1.165, 1.54) is 11.8 Å². The molecule has 1 atom stereocenters. The summed E-state index contributed by atoms with van der Waals surface area (Å²) in [5.41, 5.74) is 0. The number of hydrogen-bond acceptors (Lipinski definition) is 5. The highest BCUT2D eigenvalue weighted by Crippen LogP contribution is 2.19. The largest absolute Gasteiger partial charge is 0.481 e. The first-order valence-electron chi connectivity index (χ1n) is 6.89. The number of carboxylic acid groups (broad SMARTS) is 1. The van der Waals surface area contributed by atoms with Gasteiger partial charge in [-0.05, 0) is 20.8 Å². The zero-order valence-electron chi connectivity index (χ0n) is 12.8. The first kappa shape index (κ1) is 17.5. The second kappa shape index (κ2) is 8.02. The predicted octanol–water partition coefficient (Wildman–Crippen LogP) is 1.52. The molecule has 1 heterocycles. The fourth-order valence-corrected chi connectivity index (χ4v) is 2.67. The summed E-state index contributed by atoms with van der Waals surface area (Å²) in [6.07, 6.45) is 1.64. The van der Waals surface area contributed by atoms with Crippen LogP contribution in [0.3, 0.4) is 0 Å². The lowest BCUT2D eigenvalue weighted by Gasteiger charge is -2.22. The van der Waals surface area contributed by atoms with Gasteiger partial charge in [-0.3, -0.25) is 9.59 Å². The molecule has 118 valence electrons. The van der Waals surface area contributed by atoms with Crippen molar-refractivity contribution in [2.24, 2.45) is 5.92 Å². The summed E-state index contributed by atoms with van der Waals surface area (Å²) in [5, 5.41) is 17.5. The first-order chi connectivity index (χ1) is 9.86. The van der Waals surface area contributed by atoms with Crippen molar-refractivity contribution in [3.05, 3.63) is 6.33 Å². The SMILES string of the molecule is CCN(CC(C)C(=O)O)C(=O)CSc1nncn1C(C)C. The van der Waals surface area contributed by atoms with E-state index in [1.807, 2.05) is 25.3 Å². The minimum Gasteiger partial charge on any atom is -0.481 e. The monoisotopic (exact) mass is 314 g/mol. The van der Waals surface area contributed by atoms with E-state index in [0.717, 1.165) is 0 Å². The van der Waals surface area contributed by atoms with Crippen molar-refractivity contribution in [1.29, 1.82) is 0 Å². The van der Waals surface area contributed by atoms with Crippen LogP contribution in [0.2, 0.25) is 0 Å². The molecule has 0 aromatic carbocycles. The molecule has 0 aliphatic heterocycles. The molecule has 1 N–H and O–H groups in total. The molecular weight excluding hydrogens is 292 g/mol. The van der Waals surface area contributed by atoms with Crippen LogP contribution in [-0.2, 0) is 9.59 Å². The third kappa shape index (κ3) is 5.04. The summed E-state index contributed by atoms with van der Waals surface area (Å²) >= 11 is 1.32. The zero-order valence-corrected chi connectivity index (χ0v) is 13.6. The van der Waals surface area contributed by atoms with Crippen molar-refractivity contribution >= 4 is 23.6 Å². The molecule has 0 spiro atoms. The van der Waals surface area contributed by atoms with Crippen molar-refractivity contribution in [2.45, 2.75) is 38.9 Å². The van der Waals surface area contributed by atoms with E-state index < -0.39 is 11.9 Å². The number of rotatable bonds is 8.